The Morgan fingerprint density at radius 3 is 2.10 bits per heavy atom. The Balaban J connectivity index is 1.50. The Morgan fingerprint density at radius 1 is 0.905 bits per heavy atom. The molecule has 1 saturated heterocycles. The second-order valence-corrected chi connectivity index (χ2v) is 11.4. The minimum atomic E-state index is -4.25. The van der Waals surface area contributed by atoms with Crippen molar-refractivity contribution in [3.05, 3.63) is 95.9 Å². The Bertz CT molecular complexity index is 1500. The van der Waals surface area contributed by atoms with Gasteiger partial charge < -0.3 is 20.4 Å². The van der Waals surface area contributed by atoms with Crippen LogP contribution in [0.1, 0.15) is 18.9 Å². The maximum Gasteiger partial charge on any atom is 0.257 e. The van der Waals surface area contributed by atoms with Crippen LogP contribution < -0.4 is 20.3 Å². The number of anilines is 3. The Labute approximate surface area is 246 Å². The van der Waals surface area contributed by atoms with Crippen molar-refractivity contribution in [3.63, 3.8) is 0 Å². The van der Waals surface area contributed by atoms with Crippen molar-refractivity contribution in [2.75, 3.05) is 48.3 Å². The third kappa shape index (κ3) is 7.97. The first-order valence-corrected chi connectivity index (χ1v) is 15.3. The normalized spacial score (nSPS) is 14.4. The van der Waals surface area contributed by atoms with E-state index in [1.165, 1.54) is 11.0 Å². The van der Waals surface area contributed by atoms with Crippen LogP contribution in [0.3, 0.4) is 0 Å². The molecule has 3 N–H and O–H groups in total. The van der Waals surface area contributed by atoms with Gasteiger partial charge in [0.2, 0.25) is 17.7 Å². The maximum absolute atomic E-state index is 13.7. The quantitative estimate of drug-likeness (QED) is 0.274. The number of rotatable bonds is 10. The topological polar surface area (TPSA) is 133 Å². The van der Waals surface area contributed by atoms with E-state index < -0.39 is 40.1 Å². The molecule has 3 aromatic carbocycles. The van der Waals surface area contributed by atoms with Gasteiger partial charge in [0.15, 0.2) is 0 Å². The Kier molecular flexibility index (Phi) is 9.98. The number of benzene rings is 3. The van der Waals surface area contributed by atoms with Crippen LogP contribution in [-0.2, 0) is 24.4 Å². The van der Waals surface area contributed by atoms with Crippen molar-refractivity contribution in [1.82, 2.24) is 9.62 Å². The van der Waals surface area contributed by atoms with Crippen LogP contribution >= 0.6 is 0 Å². The maximum atomic E-state index is 13.7. The Morgan fingerprint density at radius 2 is 1.50 bits per heavy atom. The predicted octanol–water partition coefficient (Wildman–Crippen LogP) is 3.09. The first-order valence-electron chi connectivity index (χ1n) is 13.7. The van der Waals surface area contributed by atoms with E-state index in [0.29, 0.717) is 43.1 Å². The van der Waals surface area contributed by atoms with Crippen molar-refractivity contribution in [1.29, 1.82) is 0 Å². The molecule has 0 aliphatic carbocycles. The molecular weight excluding hydrogens is 554 g/mol. The molecule has 1 heterocycles. The van der Waals surface area contributed by atoms with Crippen molar-refractivity contribution >= 4 is 50.9 Å². The standard InChI is InChI=1S/C31H35N5O5S/c1-2-36(27-11-7-4-8-12-27)31(39)28(30(38)33-42(40,41)22-17-24-9-5-3-6-10-24)23-29(37)35-20-18-34(19-21-35)26-15-13-25(32)14-16-26/h3-17,22,28H,2,18-21,23,32H2,1H3,(H,33,38). The minimum Gasteiger partial charge on any atom is -0.399 e. The number of nitrogens with one attached hydrogen (secondary N) is 1. The van der Waals surface area contributed by atoms with Crippen LogP contribution in [0.4, 0.5) is 17.1 Å². The van der Waals surface area contributed by atoms with E-state index in [1.54, 1.807) is 72.5 Å². The van der Waals surface area contributed by atoms with Crippen molar-refractivity contribution in [2.24, 2.45) is 5.92 Å². The lowest BCUT2D eigenvalue weighted by atomic mass is 10.0. The molecule has 3 aromatic rings. The van der Waals surface area contributed by atoms with Gasteiger partial charge in [-0.3, -0.25) is 14.4 Å². The number of amides is 3. The van der Waals surface area contributed by atoms with Crippen LogP contribution in [0.25, 0.3) is 6.08 Å². The van der Waals surface area contributed by atoms with E-state index in [-0.39, 0.29) is 6.54 Å². The van der Waals surface area contributed by atoms with Gasteiger partial charge in [-0.2, -0.15) is 0 Å². The largest absolute Gasteiger partial charge is 0.399 e. The van der Waals surface area contributed by atoms with Gasteiger partial charge in [-0.25, -0.2) is 13.1 Å². The second-order valence-electron chi connectivity index (χ2n) is 9.86. The number of nitrogens with two attached hydrogens (primary N) is 1. The summed E-state index contributed by atoms with van der Waals surface area (Å²) in [5.41, 5.74) is 8.60. The molecule has 0 radical (unpaired) electrons. The number of nitrogen functional groups attached to an aromatic ring is 1. The van der Waals surface area contributed by atoms with Gasteiger partial charge in [-0.05, 0) is 55.0 Å². The lowest BCUT2D eigenvalue weighted by molar-refractivity contribution is -0.141. The average Bonchev–Trinajstić information content (AvgIpc) is 3.00. The van der Waals surface area contributed by atoms with Gasteiger partial charge in [-0.1, -0.05) is 48.5 Å². The minimum absolute atomic E-state index is 0.224. The van der Waals surface area contributed by atoms with Crippen LogP contribution in [0.2, 0.25) is 0 Å². The van der Waals surface area contributed by atoms with Crippen LogP contribution in [0.15, 0.2) is 90.3 Å². The summed E-state index contributed by atoms with van der Waals surface area (Å²) < 4.78 is 27.5. The van der Waals surface area contributed by atoms with Crippen LogP contribution in [0.5, 0.6) is 0 Å². The first-order chi connectivity index (χ1) is 20.2. The lowest BCUT2D eigenvalue weighted by Gasteiger charge is -2.36. The number of piperazine rings is 1. The van der Waals surface area contributed by atoms with E-state index >= 15 is 0 Å². The second kappa shape index (κ2) is 13.8. The van der Waals surface area contributed by atoms with Crippen LogP contribution in [-0.4, -0.2) is 63.8 Å². The summed E-state index contributed by atoms with van der Waals surface area (Å²) in [6.07, 6.45) is 0.883. The molecule has 0 spiro atoms. The van der Waals surface area contributed by atoms with Gasteiger partial charge >= 0.3 is 0 Å². The highest BCUT2D eigenvalue weighted by Gasteiger charge is 2.36. The highest BCUT2D eigenvalue weighted by atomic mass is 32.2. The summed E-state index contributed by atoms with van der Waals surface area (Å²) in [5.74, 6) is -3.66. The number of para-hydroxylation sites is 1. The SMILES string of the molecule is CCN(C(=O)C(CC(=O)N1CCN(c2ccc(N)cc2)CC1)C(=O)NS(=O)(=O)C=Cc1ccccc1)c1ccccc1. The summed E-state index contributed by atoms with van der Waals surface area (Å²) >= 11 is 0. The number of carbonyl (C=O) groups excluding carboxylic acids is 3. The van der Waals surface area contributed by atoms with E-state index in [4.69, 9.17) is 5.73 Å². The average molecular weight is 590 g/mol. The van der Waals surface area contributed by atoms with Gasteiger partial charge in [0.1, 0.15) is 5.92 Å². The molecule has 220 valence electrons. The number of sulfonamides is 1. The van der Waals surface area contributed by atoms with Crippen molar-refractivity contribution < 1.29 is 22.8 Å². The number of nitrogens with zero attached hydrogens (tertiary/aromatic N) is 3. The Hall–Kier alpha value is -4.64. The van der Waals surface area contributed by atoms with Gasteiger partial charge in [0.25, 0.3) is 10.0 Å². The smallest absolute Gasteiger partial charge is 0.257 e. The molecule has 1 unspecified atom stereocenters. The molecule has 0 bridgehead atoms. The van der Waals surface area contributed by atoms with E-state index in [9.17, 15) is 22.8 Å². The molecule has 1 aliphatic rings. The molecule has 4 rings (SSSR count). The van der Waals surface area contributed by atoms with Crippen molar-refractivity contribution in [3.8, 4) is 0 Å². The summed E-state index contributed by atoms with van der Waals surface area (Å²) in [6, 6.07) is 24.9. The lowest BCUT2D eigenvalue weighted by Crippen LogP contribution is -2.51. The zero-order valence-corrected chi connectivity index (χ0v) is 24.2. The third-order valence-electron chi connectivity index (χ3n) is 7.02. The monoisotopic (exact) mass is 589 g/mol. The number of carbonyl (C=O) groups is 3. The molecule has 10 nitrogen and oxygen atoms in total. The number of hydrogen-bond donors (Lipinski definition) is 2. The molecule has 0 saturated carbocycles. The molecule has 0 aromatic heterocycles. The van der Waals surface area contributed by atoms with E-state index in [1.807, 2.05) is 29.0 Å². The van der Waals surface area contributed by atoms with Crippen molar-refractivity contribution in [2.45, 2.75) is 13.3 Å². The fourth-order valence-corrected chi connectivity index (χ4v) is 5.56. The number of hydrogen-bond acceptors (Lipinski definition) is 7. The predicted molar refractivity (Wildman–Crippen MR) is 165 cm³/mol. The zero-order chi connectivity index (χ0) is 30.1. The first kappa shape index (κ1) is 30.3. The summed E-state index contributed by atoms with van der Waals surface area (Å²) in [6.45, 7) is 3.87. The van der Waals surface area contributed by atoms with E-state index in [0.717, 1.165) is 11.1 Å². The molecule has 1 fully saturated rings. The molecular formula is C31H35N5O5S. The molecule has 3 amide bonds. The molecule has 11 heteroatoms. The molecule has 1 aliphatic heterocycles. The van der Waals surface area contributed by atoms with Crippen LogP contribution in [0, 0.1) is 5.92 Å². The zero-order valence-electron chi connectivity index (χ0n) is 23.4. The van der Waals surface area contributed by atoms with E-state index in [2.05, 4.69) is 4.90 Å². The summed E-state index contributed by atoms with van der Waals surface area (Å²) in [4.78, 5) is 45.6. The van der Waals surface area contributed by atoms with Gasteiger partial charge in [0, 0.05) is 56.2 Å². The summed E-state index contributed by atoms with van der Waals surface area (Å²) in [5, 5.41) is 0.870. The fourth-order valence-electron chi connectivity index (χ4n) is 4.73. The molecule has 42 heavy (non-hydrogen) atoms. The fraction of sp³-hybridized carbons (Fsp3) is 0.258. The highest BCUT2D eigenvalue weighted by molar-refractivity contribution is 7.93. The van der Waals surface area contributed by atoms with Gasteiger partial charge in [-0.15, -0.1) is 0 Å². The van der Waals surface area contributed by atoms with Gasteiger partial charge in [0.05, 0.1) is 5.41 Å². The molecule has 1 atom stereocenters. The highest BCUT2D eigenvalue weighted by Crippen LogP contribution is 2.22. The third-order valence-corrected chi connectivity index (χ3v) is 8.00. The summed E-state index contributed by atoms with van der Waals surface area (Å²) in [7, 11) is -4.25.